The molecule has 26 heavy (non-hydrogen) atoms. The Kier molecular flexibility index (Phi) is 5.17. The molecule has 0 heterocycles. The number of ketones is 1. The zero-order valence-corrected chi connectivity index (χ0v) is 14.1. The predicted molar refractivity (Wildman–Crippen MR) is 101 cm³/mol. The minimum Gasteiger partial charge on any atom is -0.294 e. The van der Waals surface area contributed by atoms with Gasteiger partial charge in [0.1, 0.15) is 0 Å². The molecule has 126 valence electrons. The van der Waals surface area contributed by atoms with E-state index < -0.39 is 0 Å². The normalized spacial score (nSPS) is 10.5. The molecule has 0 aliphatic rings. The van der Waals surface area contributed by atoms with Crippen LogP contribution in [0.4, 0.5) is 17.1 Å². The SMILES string of the molecule is CC(=O)c1ccc(N=Nc2ccccc2)c(N=[N+]=[N-])c1-c1ccccc1. The second-order valence-electron chi connectivity index (χ2n) is 5.50. The molecule has 0 N–H and O–H groups in total. The van der Waals surface area contributed by atoms with Crippen LogP contribution in [0.2, 0.25) is 0 Å². The number of rotatable bonds is 5. The molecular weight excluding hydrogens is 326 g/mol. The van der Waals surface area contributed by atoms with Crippen LogP contribution >= 0.6 is 0 Å². The summed E-state index contributed by atoms with van der Waals surface area (Å²) in [5.41, 5.74) is 12.2. The second-order valence-corrected chi connectivity index (χ2v) is 5.50. The lowest BCUT2D eigenvalue weighted by atomic mass is 9.95. The number of carbonyl (C=O) groups excluding carboxylic acids is 1. The van der Waals surface area contributed by atoms with E-state index in [1.54, 1.807) is 12.1 Å². The van der Waals surface area contributed by atoms with Gasteiger partial charge in [0.05, 0.1) is 17.1 Å². The van der Waals surface area contributed by atoms with Crippen LogP contribution in [0.1, 0.15) is 17.3 Å². The number of carbonyl (C=O) groups is 1. The van der Waals surface area contributed by atoms with Crippen molar-refractivity contribution in [3.63, 3.8) is 0 Å². The van der Waals surface area contributed by atoms with Gasteiger partial charge in [0.2, 0.25) is 0 Å². The van der Waals surface area contributed by atoms with Crippen molar-refractivity contribution >= 4 is 22.8 Å². The maximum Gasteiger partial charge on any atom is 0.160 e. The second kappa shape index (κ2) is 7.88. The van der Waals surface area contributed by atoms with E-state index in [2.05, 4.69) is 20.3 Å². The third-order valence-electron chi connectivity index (χ3n) is 3.77. The minimum atomic E-state index is -0.121. The molecule has 0 aliphatic carbocycles. The van der Waals surface area contributed by atoms with Gasteiger partial charge in [-0.1, -0.05) is 53.6 Å². The molecule has 0 saturated carbocycles. The van der Waals surface area contributed by atoms with Gasteiger partial charge in [0.15, 0.2) is 5.78 Å². The Balaban J connectivity index is 2.22. The summed E-state index contributed by atoms with van der Waals surface area (Å²) in [5.74, 6) is -0.121. The minimum absolute atomic E-state index is 0.121. The third-order valence-corrected chi connectivity index (χ3v) is 3.77. The van der Waals surface area contributed by atoms with Crippen molar-refractivity contribution < 1.29 is 4.79 Å². The zero-order chi connectivity index (χ0) is 18.4. The lowest BCUT2D eigenvalue weighted by Gasteiger charge is -2.12. The lowest BCUT2D eigenvalue weighted by molar-refractivity contribution is 0.101. The van der Waals surface area contributed by atoms with Gasteiger partial charge in [-0.05, 0) is 42.3 Å². The van der Waals surface area contributed by atoms with Crippen LogP contribution in [0.5, 0.6) is 0 Å². The Morgan fingerprint density at radius 2 is 1.54 bits per heavy atom. The predicted octanol–water partition coefficient (Wildman–Crippen LogP) is 6.91. The summed E-state index contributed by atoms with van der Waals surface area (Å²) in [6, 6.07) is 21.9. The molecule has 0 radical (unpaired) electrons. The molecule has 3 aromatic carbocycles. The summed E-state index contributed by atoms with van der Waals surface area (Å²) < 4.78 is 0. The highest BCUT2D eigenvalue weighted by atomic mass is 16.1. The van der Waals surface area contributed by atoms with Crippen molar-refractivity contribution in [2.24, 2.45) is 15.3 Å². The number of azide groups is 1. The summed E-state index contributed by atoms with van der Waals surface area (Å²) in [4.78, 5) is 15.0. The Hall–Kier alpha value is -3.76. The molecule has 0 saturated heterocycles. The van der Waals surface area contributed by atoms with Gasteiger partial charge in [-0.25, -0.2) is 0 Å². The van der Waals surface area contributed by atoms with E-state index in [-0.39, 0.29) is 11.5 Å². The van der Waals surface area contributed by atoms with Crippen LogP contribution in [0, 0.1) is 0 Å². The molecule has 0 atom stereocenters. The van der Waals surface area contributed by atoms with E-state index in [0.29, 0.717) is 22.5 Å². The molecule has 0 aliphatic heterocycles. The fourth-order valence-corrected chi connectivity index (χ4v) is 2.60. The molecule has 3 rings (SSSR count). The molecule has 0 aromatic heterocycles. The molecular formula is C20H15N5O. The molecule has 0 amide bonds. The van der Waals surface area contributed by atoms with E-state index in [0.717, 1.165) is 5.56 Å². The molecule has 0 fully saturated rings. The average Bonchev–Trinajstić information content (AvgIpc) is 2.68. The highest BCUT2D eigenvalue weighted by Crippen LogP contribution is 2.42. The van der Waals surface area contributed by atoms with E-state index in [9.17, 15) is 4.79 Å². The van der Waals surface area contributed by atoms with Crippen LogP contribution in [-0.4, -0.2) is 5.78 Å². The van der Waals surface area contributed by atoms with Crippen molar-refractivity contribution in [1.82, 2.24) is 0 Å². The maximum absolute atomic E-state index is 12.1. The molecule has 0 spiro atoms. The van der Waals surface area contributed by atoms with Gasteiger partial charge >= 0.3 is 0 Å². The smallest absolute Gasteiger partial charge is 0.160 e. The first-order chi connectivity index (χ1) is 12.7. The Bertz CT molecular complexity index is 1010. The Morgan fingerprint density at radius 3 is 2.15 bits per heavy atom. The van der Waals surface area contributed by atoms with Crippen LogP contribution in [0.25, 0.3) is 21.6 Å². The number of azo groups is 1. The van der Waals surface area contributed by atoms with Gasteiger partial charge in [0.25, 0.3) is 0 Å². The number of Topliss-reactive ketones (excluding diaryl/α,β-unsaturated/α-hetero) is 1. The summed E-state index contributed by atoms with van der Waals surface area (Å²) in [7, 11) is 0. The monoisotopic (exact) mass is 341 g/mol. The number of benzene rings is 3. The fourth-order valence-electron chi connectivity index (χ4n) is 2.60. The largest absolute Gasteiger partial charge is 0.294 e. The van der Waals surface area contributed by atoms with Crippen molar-refractivity contribution in [1.29, 1.82) is 0 Å². The number of hydrogen-bond acceptors (Lipinski definition) is 4. The molecule has 6 nitrogen and oxygen atoms in total. The van der Waals surface area contributed by atoms with Gasteiger partial charge in [-0.3, -0.25) is 4.79 Å². The van der Waals surface area contributed by atoms with E-state index in [1.165, 1.54) is 6.92 Å². The van der Waals surface area contributed by atoms with Crippen LogP contribution < -0.4 is 0 Å². The molecule has 0 unspecified atom stereocenters. The first kappa shape index (κ1) is 17.1. The van der Waals surface area contributed by atoms with Crippen LogP contribution in [-0.2, 0) is 0 Å². The topological polar surface area (TPSA) is 90.5 Å². The molecule has 3 aromatic rings. The van der Waals surface area contributed by atoms with Crippen molar-refractivity contribution in [2.75, 3.05) is 0 Å². The van der Waals surface area contributed by atoms with Crippen molar-refractivity contribution in [2.45, 2.75) is 6.92 Å². The third kappa shape index (κ3) is 3.66. The molecule has 0 bridgehead atoms. The van der Waals surface area contributed by atoms with Crippen LogP contribution in [0.3, 0.4) is 0 Å². The fraction of sp³-hybridized carbons (Fsp3) is 0.0500. The lowest BCUT2D eigenvalue weighted by Crippen LogP contribution is -1.96. The van der Waals surface area contributed by atoms with E-state index >= 15 is 0 Å². The molecule has 6 heteroatoms. The van der Waals surface area contributed by atoms with Crippen molar-refractivity contribution in [3.8, 4) is 11.1 Å². The maximum atomic E-state index is 12.1. The van der Waals surface area contributed by atoms with E-state index in [1.807, 2.05) is 60.7 Å². The Morgan fingerprint density at radius 1 is 0.885 bits per heavy atom. The average molecular weight is 341 g/mol. The van der Waals surface area contributed by atoms with Gasteiger partial charge < -0.3 is 0 Å². The number of hydrogen-bond donors (Lipinski definition) is 0. The summed E-state index contributed by atoms with van der Waals surface area (Å²) in [5, 5.41) is 12.2. The highest BCUT2D eigenvalue weighted by Gasteiger charge is 2.17. The summed E-state index contributed by atoms with van der Waals surface area (Å²) >= 11 is 0. The van der Waals surface area contributed by atoms with Gasteiger partial charge in [0, 0.05) is 16.0 Å². The summed E-state index contributed by atoms with van der Waals surface area (Å²) in [6.45, 7) is 1.48. The first-order valence-corrected chi connectivity index (χ1v) is 7.96. The van der Waals surface area contributed by atoms with Crippen molar-refractivity contribution in [3.05, 3.63) is 88.8 Å². The standard InChI is InChI=1S/C20H15N5O/c1-14(26)17-12-13-18(23-22-16-10-6-3-7-11-16)20(24-25-21)19(17)15-8-4-2-5-9-15/h2-13H,1H3. The van der Waals surface area contributed by atoms with E-state index in [4.69, 9.17) is 5.53 Å². The first-order valence-electron chi connectivity index (χ1n) is 7.96. The van der Waals surface area contributed by atoms with Gasteiger partial charge in [-0.15, -0.1) is 0 Å². The Labute approximate surface area is 150 Å². The zero-order valence-electron chi connectivity index (χ0n) is 14.1. The number of nitrogens with zero attached hydrogens (tertiary/aromatic N) is 5. The highest BCUT2D eigenvalue weighted by molar-refractivity contribution is 6.05. The van der Waals surface area contributed by atoms with Gasteiger partial charge in [-0.2, -0.15) is 10.2 Å². The quantitative estimate of drug-likeness (QED) is 0.214. The summed E-state index contributed by atoms with van der Waals surface area (Å²) in [6.07, 6.45) is 0. The van der Waals surface area contributed by atoms with Crippen LogP contribution in [0.15, 0.2) is 88.1 Å².